The van der Waals surface area contributed by atoms with Gasteiger partial charge in [0.1, 0.15) is 5.75 Å². The van der Waals surface area contributed by atoms with Crippen LogP contribution in [0.5, 0.6) is 5.75 Å². The van der Waals surface area contributed by atoms with Crippen LogP contribution in [0.25, 0.3) is 5.57 Å². The Balaban J connectivity index is 1.16. The molecule has 228 valence electrons. The van der Waals surface area contributed by atoms with Gasteiger partial charge in [-0.25, -0.2) is 0 Å². The third-order valence-corrected chi connectivity index (χ3v) is 9.07. The molecule has 1 aliphatic carbocycles. The van der Waals surface area contributed by atoms with Crippen molar-refractivity contribution in [3.05, 3.63) is 77.9 Å². The molecular formula is C35H49N3O4. The van der Waals surface area contributed by atoms with E-state index in [4.69, 9.17) is 14.2 Å². The fourth-order valence-electron chi connectivity index (χ4n) is 6.56. The third kappa shape index (κ3) is 7.44. The molecule has 2 aromatic carbocycles. The number of allylic oxidation sites excluding steroid dienone is 2. The van der Waals surface area contributed by atoms with Crippen molar-refractivity contribution in [3.63, 3.8) is 0 Å². The molecule has 1 N–H and O–H groups in total. The summed E-state index contributed by atoms with van der Waals surface area (Å²) in [7, 11) is 1.74. The molecule has 3 aliphatic rings. The van der Waals surface area contributed by atoms with Crippen LogP contribution < -0.4 is 9.64 Å². The molecule has 7 nitrogen and oxygen atoms in total. The molecule has 2 fully saturated rings. The molecule has 3 atom stereocenters. The van der Waals surface area contributed by atoms with Gasteiger partial charge in [0.25, 0.3) is 0 Å². The molecule has 2 unspecified atom stereocenters. The lowest BCUT2D eigenvalue weighted by Gasteiger charge is -2.40. The molecule has 0 saturated carbocycles. The van der Waals surface area contributed by atoms with Crippen LogP contribution in [0.15, 0.2) is 66.8 Å². The normalized spacial score (nSPS) is 25.1. The maximum absolute atomic E-state index is 9.88. The minimum atomic E-state index is -0.792. The van der Waals surface area contributed by atoms with E-state index in [1.165, 1.54) is 22.4 Å². The van der Waals surface area contributed by atoms with Gasteiger partial charge in [-0.3, -0.25) is 4.90 Å². The summed E-state index contributed by atoms with van der Waals surface area (Å²) in [5.74, 6) is 0.206. The topological polar surface area (TPSA) is 57.6 Å². The fourth-order valence-corrected chi connectivity index (χ4v) is 6.56. The molecule has 2 aliphatic heterocycles. The average Bonchev–Trinajstić information content (AvgIpc) is 3.44. The van der Waals surface area contributed by atoms with Crippen LogP contribution in [0.1, 0.15) is 37.3 Å². The Morgan fingerprint density at radius 1 is 0.881 bits per heavy atom. The summed E-state index contributed by atoms with van der Waals surface area (Å²) in [5, 5.41) is 9.88. The summed E-state index contributed by atoms with van der Waals surface area (Å²) < 4.78 is 19.0. The van der Waals surface area contributed by atoms with Gasteiger partial charge in [-0.05, 0) is 61.1 Å². The highest BCUT2D eigenvalue weighted by Gasteiger charge is 2.40. The van der Waals surface area contributed by atoms with Crippen molar-refractivity contribution >= 4 is 11.3 Å². The van der Waals surface area contributed by atoms with Gasteiger partial charge in [0.2, 0.25) is 0 Å². The second-order valence-corrected chi connectivity index (χ2v) is 11.9. The summed E-state index contributed by atoms with van der Waals surface area (Å²) in [4.78, 5) is 7.28. The quantitative estimate of drug-likeness (QED) is 0.267. The van der Waals surface area contributed by atoms with Gasteiger partial charge < -0.3 is 29.1 Å². The highest BCUT2D eigenvalue weighted by molar-refractivity contribution is 5.73. The lowest BCUT2D eigenvalue weighted by Crippen LogP contribution is -2.47. The van der Waals surface area contributed by atoms with Crippen LogP contribution in [0.4, 0.5) is 5.69 Å². The monoisotopic (exact) mass is 575 g/mol. The Labute approximate surface area is 252 Å². The van der Waals surface area contributed by atoms with Gasteiger partial charge in [0, 0.05) is 58.3 Å². The number of hydrogen-bond acceptors (Lipinski definition) is 7. The first kappa shape index (κ1) is 30.8. The first-order valence-electron chi connectivity index (χ1n) is 15.7. The summed E-state index contributed by atoms with van der Waals surface area (Å²) in [6.07, 6.45) is 8.99. The number of β-amino-alcohol motifs (C(OH)–C–C–N with tert-alkyl or cyclic N) is 1. The number of ether oxygens (including phenoxy) is 3. The number of rotatable bonds is 13. The van der Waals surface area contributed by atoms with Crippen LogP contribution >= 0.6 is 0 Å². The zero-order valence-corrected chi connectivity index (χ0v) is 25.7. The number of nitrogens with zero attached hydrogens (tertiary/aromatic N) is 3. The minimum absolute atomic E-state index is 0.0570. The molecule has 7 heteroatoms. The Morgan fingerprint density at radius 3 is 2.26 bits per heavy atom. The van der Waals surface area contributed by atoms with E-state index in [2.05, 4.69) is 83.2 Å². The third-order valence-electron chi connectivity index (χ3n) is 9.07. The van der Waals surface area contributed by atoms with Gasteiger partial charge in [-0.1, -0.05) is 55.5 Å². The molecule has 0 amide bonds. The lowest BCUT2D eigenvalue weighted by atomic mass is 9.82. The standard InChI is InChI=1S/C35H49N3O4/c1-28-11-4-5-12-31(28)32-13-8-17-35(29(32)2,42-26-10-19-37-20-16-30(39)27-37)41-25-9-18-36-21-23-38(24-22-36)33-14-6-7-15-34(33)40-3/h4-8,11-15,17,29-30,39H,9-10,16,18-27H2,1-3H3/t29?,30-,35?/m1/s1. The molecule has 42 heavy (non-hydrogen) atoms. The van der Waals surface area contributed by atoms with Gasteiger partial charge in [0.15, 0.2) is 5.79 Å². The largest absolute Gasteiger partial charge is 0.495 e. The number of benzene rings is 2. The summed E-state index contributed by atoms with van der Waals surface area (Å²) in [6, 6.07) is 16.9. The predicted octanol–water partition coefficient (Wildman–Crippen LogP) is 4.99. The molecular weight excluding hydrogens is 526 g/mol. The van der Waals surface area contributed by atoms with E-state index >= 15 is 0 Å². The predicted molar refractivity (Wildman–Crippen MR) is 170 cm³/mol. The first-order valence-corrected chi connectivity index (χ1v) is 15.7. The smallest absolute Gasteiger partial charge is 0.194 e. The number of aliphatic hydroxyl groups is 1. The van der Waals surface area contributed by atoms with E-state index in [1.54, 1.807) is 7.11 Å². The summed E-state index contributed by atoms with van der Waals surface area (Å²) in [5.41, 5.74) is 4.95. The van der Waals surface area contributed by atoms with Crippen molar-refractivity contribution in [3.8, 4) is 5.75 Å². The van der Waals surface area contributed by atoms with Crippen molar-refractivity contribution in [1.82, 2.24) is 9.80 Å². The van der Waals surface area contributed by atoms with Crippen LogP contribution in [-0.2, 0) is 9.47 Å². The van der Waals surface area contributed by atoms with Crippen LogP contribution in [0.2, 0.25) is 0 Å². The van der Waals surface area contributed by atoms with Crippen LogP contribution in [0.3, 0.4) is 0 Å². The molecule has 2 heterocycles. The number of piperazine rings is 1. The van der Waals surface area contributed by atoms with Crippen LogP contribution in [0, 0.1) is 12.8 Å². The van der Waals surface area contributed by atoms with E-state index in [-0.39, 0.29) is 12.0 Å². The Morgan fingerprint density at radius 2 is 1.57 bits per heavy atom. The average molecular weight is 576 g/mol. The molecule has 0 spiro atoms. The van der Waals surface area contributed by atoms with E-state index in [9.17, 15) is 5.11 Å². The van der Waals surface area contributed by atoms with E-state index in [0.717, 1.165) is 77.4 Å². The van der Waals surface area contributed by atoms with Crippen LogP contribution in [-0.4, -0.2) is 99.5 Å². The zero-order chi connectivity index (χ0) is 29.4. The molecule has 0 radical (unpaired) electrons. The number of aliphatic hydroxyl groups excluding tert-OH is 1. The Kier molecular flexibility index (Phi) is 10.7. The number of methoxy groups -OCH3 is 1. The Hall–Kier alpha value is -2.68. The molecule has 5 rings (SSSR count). The van der Waals surface area contributed by atoms with Crippen molar-refractivity contribution in [2.45, 2.75) is 45.0 Å². The maximum atomic E-state index is 9.88. The highest BCUT2D eigenvalue weighted by atomic mass is 16.7. The molecule has 0 bridgehead atoms. The van der Waals surface area contributed by atoms with Gasteiger partial charge in [-0.2, -0.15) is 0 Å². The van der Waals surface area contributed by atoms with Gasteiger partial charge >= 0.3 is 0 Å². The van der Waals surface area contributed by atoms with E-state index < -0.39 is 5.79 Å². The van der Waals surface area contributed by atoms with E-state index in [0.29, 0.717) is 13.2 Å². The Bertz CT molecular complexity index is 1210. The van der Waals surface area contributed by atoms with Crippen molar-refractivity contribution in [2.75, 3.05) is 77.6 Å². The summed E-state index contributed by atoms with van der Waals surface area (Å²) >= 11 is 0. The zero-order valence-electron chi connectivity index (χ0n) is 25.7. The maximum Gasteiger partial charge on any atom is 0.194 e. The second kappa shape index (κ2) is 14.7. The second-order valence-electron chi connectivity index (χ2n) is 11.9. The molecule has 0 aromatic heterocycles. The summed E-state index contributed by atoms with van der Waals surface area (Å²) in [6.45, 7) is 13.4. The van der Waals surface area contributed by atoms with Crippen molar-refractivity contribution < 1.29 is 19.3 Å². The molecule has 2 saturated heterocycles. The number of hydrogen-bond donors (Lipinski definition) is 1. The first-order chi connectivity index (χ1) is 20.5. The lowest BCUT2D eigenvalue weighted by molar-refractivity contribution is -0.223. The van der Waals surface area contributed by atoms with Crippen molar-refractivity contribution in [2.24, 2.45) is 5.92 Å². The number of likely N-dealkylation sites (tertiary alicyclic amines) is 1. The fraction of sp³-hybridized carbons (Fsp3) is 0.543. The van der Waals surface area contributed by atoms with E-state index in [1.807, 2.05) is 12.1 Å². The van der Waals surface area contributed by atoms with Gasteiger partial charge in [0.05, 0.1) is 32.1 Å². The van der Waals surface area contributed by atoms with Crippen molar-refractivity contribution in [1.29, 1.82) is 0 Å². The number of anilines is 1. The SMILES string of the molecule is COc1ccccc1N1CCN(CCCOC2(OCCCN3CC[C@@H](O)C3)C=CC=C(c3ccccc3C)C2C)CC1. The highest BCUT2D eigenvalue weighted by Crippen LogP contribution is 2.40. The number of aryl methyl sites for hydroxylation is 1. The van der Waals surface area contributed by atoms with Gasteiger partial charge in [-0.15, -0.1) is 0 Å². The molecule has 2 aromatic rings. The minimum Gasteiger partial charge on any atom is -0.495 e. The number of para-hydroxylation sites is 2.